The van der Waals surface area contributed by atoms with Gasteiger partial charge in [-0.1, -0.05) is 23.7 Å². The van der Waals surface area contributed by atoms with Crippen LogP contribution < -0.4 is 4.74 Å². The Morgan fingerprint density at radius 3 is 2.53 bits per heavy atom. The molecule has 1 aromatic rings. The number of ether oxygens (including phenoxy) is 3. The van der Waals surface area contributed by atoms with E-state index in [4.69, 9.17) is 25.8 Å². The Labute approximate surface area is 181 Å². The largest absolute Gasteiger partial charge is 0.482 e. The zero-order valence-corrected chi connectivity index (χ0v) is 18.0. The number of hydrogen-bond donors (Lipinski definition) is 0. The predicted molar refractivity (Wildman–Crippen MR) is 109 cm³/mol. The van der Waals surface area contributed by atoms with Gasteiger partial charge < -0.3 is 24.0 Å². The van der Waals surface area contributed by atoms with E-state index in [9.17, 15) is 14.4 Å². The highest BCUT2D eigenvalue weighted by atomic mass is 35.5. The van der Waals surface area contributed by atoms with Crippen molar-refractivity contribution in [1.82, 2.24) is 9.80 Å². The van der Waals surface area contributed by atoms with Crippen molar-refractivity contribution < 1.29 is 28.6 Å². The Morgan fingerprint density at radius 1 is 1.20 bits per heavy atom. The molecule has 0 radical (unpaired) electrons. The van der Waals surface area contributed by atoms with Crippen LogP contribution in [-0.2, 0) is 23.9 Å². The number of nitrogens with zero attached hydrogens (tertiary/aromatic N) is 2. The average Bonchev–Trinajstić information content (AvgIpc) is 3.02. The molecule has 8 nitrogen and oxygen atoms in total. The fraction of sp³-hybridized carbons (Fsp3) is 0.571. The molecule has 2 amide bonds. The van der Waals surface area contributed by atoms with Crippen molar-refractivity contribution in [3.05, 3.63) is 29.3 Å². The van der Waals surface area contributed by atoms with Crippen LogP contribution >= 0.6 is 11.6 Å². The van der Waals surface area contributed by atoms with Crippen molar-refractivity contribution in [3.63, 3.8) is 0 Å². The van der Waals surface area contributed by atoms with Gasteiger partial charge >= 0.3 is 5.97 Å². The fourth-order valence-corrected chi connectivity index (χ4v) is 4.63. The van der Waals surface area contributed by atoms with Crippen LogP contribution in [0.25, 0.3) is 0 Å². The topological polar surface area (TPSA) is 85.4 Å². The number of amides is 2. The summed E-state index contributed by atoms with van der Waals surface area (Å²) in [7, 11) is 2.91. The van der Waals surface area contributed by atoms with Crippen LogP contribution in [0.2, 0.25) is 5.02 Å². The van der Waals surface area contributed by atoms with E-state index in [1.807, 2.05) is 0 Å². The van der Waals surface area contributed by atoms with Crippen LogP contribution in [0.3, 0.4) is 0 Å². The lowest BCUT2D eigenvalue weighted by molar-refractivity contribution is -0.151. The SMILES string of the molecule is COCCN1C(=O)CC(C(=O)OC)C12CCN(C(=O)COc1ccccc1Cl)CC2. The van der Waals surface area contributed by atoms with Crippen LogP contribution in [-0.4, -0.2) is 80.2 Å². The molecule has 2 aliphatic heterocycles. The maximum absolute atomic E-state index is 12.6. The minimum atomic E-state index is -0.650. The molecule has 0 aliphatic carbocycles. The summed E-state index contributed by atoms with van der Waals surface area (Å²) in [6.07, 6.45) is 1.13. The third-order valence-electron chi connectivity index (χ3n) is 6.04. The summed E-state index contributed by atoms with van der Waals surface area (Å²) in [6, 6.07) is 6.98. The lowest BCUT2D eigenvalue weighted by Crippen LogP contribution is -2.59. The van der Waals surface area contributed by atoms with Crippen molar-refractivity contribution in [1.29, 1.82) is 0 Å². The molecule has 2 saturated heterocycles. The molecule has 1 atom stereocenters. The Morgan fingerprint density at radius 2 is 1.90 bits per heavy atom. The monoisotopic (exact) mass is 438 g/mol. The molecule has 0 saturated carbocycles. The first-order valence-electron chi connectivity index (χ1n) is 9.95. The van der Waals surface area contributed by atoms with Gasteiger partial charge in [-0.2, -0.15) is 0 Å². The second kappa shape index (κ2) is 9.66. The zero-order valence-electron chi connectivity index (χ0n) is 17.3. The Hall–Kier alpha value is -2.32. The standard InChI is InChI=1S/C21H27ClN2O6/c1-28-12-11-24-18(25)13-15(20(27)29-2)21(24)7-9-23(10-8-21)19(26)14-30-17-6-4-3-5-16(17)22/h3-6,15H,7-14H2,1-2H3. The van der Waals surface area contributed by atoms with Crippen LogP contribution in [0, 0.1) is 5.92 Å². The second-order valence-corrected chi connectivity index (χ2v) is 7.93. The summed E-state index contributed by atoms with van der Waals surface area (Å²) in [5.41, 5.74) is -0.650. The normalized spacial score (nSPS) is 20.5. The van der Waals surface area contributed by atoms with Crippen LogP contribution in [0.1, 0.15) is 19.3 Å². The van der Waals surface area contributed by atoms with Crippen molar-refractivity contribution in [2.24, 2.45) is 5.92 Å². The number of carbonyl (C=O) groups is 3. The highest BCUT2D eigenvalue weighted by molar-refractivity contribution is 6.32. The lowest BCUT2D eigenvalue weighted by Gasteiger charge is -2.47. The maximum atomic E-state index is 12.6. The smallest absolute Gasteiger partial charge is 0.311 e. The Balaban J connectivity index is 1.66. The summed E-state index contributed by atoms with van der Waals surface area (Å²) in [5.74, 6) is -0.705. The summed E-state index contributed by atoms with van der Waals surface area (Å²) in [4.78, 5) is 41.1. The lowest BCUT2D eigenvalue weighted by atomic mass is 9.76. The van der Waals surface area contributed by atoms with Gasteiger partial charge in [0, 0.05) is 33.2 Å². The molecule has 2 heterocycles. The third-order valence-corrected chi connectivity index (χ3v) is 6.35. The minimum Gasteiger partial charge on any atom is -0.482 e. The van der Waals surface area contributed by atoms with Crippen LogP contribution in [0.15, 0.2) is 24.3 Å². The van der Waals surface area contributed by atoms with Crippen LogP contribution in [0.4, 0.5) is 0 Å². The number of esters is 1. The van der Waals surface area contributed by atoms with E-state index >= 15 is 0 Å². The fourth-order valence-electron chi connectivity index (χ4n) is 4.44. The van der Waals surface area contributed by atoms with Gasteiger partial charge in [0.2, 0.25) is 5.91 Å². The number of piperidine rings is 1. The first-order chi connectivity index (χ1) is 14.4. The first kappa shape index (κ1) is 22.4. The molecule has 1 aromatic carbocycles. The quantitative estimate of drug-likeness (QED) is 0.603. The maximum Gasteiger partial charge on any atom is 0.311 e. The summed E-state index contributed by atoms with van der Waals surface area (Å²) < 4.78 is 15.7. The van der Waals surface area contributed by atoms with Crippen LogP contribution in [0.5, 0.6) is 5.75 Å². The molecular formula is C21H27ClN2O6. The van der Waals surface area contributed by atoms with Crippen molar-refractivity contribution in [2.75, 3.05) is 47.1 Å². The van der Waals surface area contributed by atoms with Gasteiger partial charge in [-0.3, -0.25) is 14.4 Å². The highest BCUT2D eigenvalue weighted by Crippen LogP contribution is 2.44. The molecule has 1 spiro atoms. The molecule has 9 heteroatoms. The number of methoxy groups -OCH3 is 2. The Kier molecular flexibility index (Phi) is 7.20. The number of rotatable bonds is 7. The minimum absolute atomic E-state index is 0.0794. The number of carbonyl (C=O) groups excluding carboxylic acids is 3. The summed E-state index contributed by atoms with van der Waals surface area (Å²) >= 11 is 6.06. The second-order valence-electron chi connectivity index (χ2n) is 7.52. The molecule has 2 aliphatic rings. The number of likely N-dealkylation sites (tertiary alicyclic amines) is 2. The number of halogens is 1. The van der Waals surface area contributed by atoms with Crippen molar-refractivity contribution in [3.8, 4) is 5.75 Å². The van der Waals surface area contributed by atoms with Gasteiger partial charge in [-0.25, -0.2) is 0 Å². The average molecular weight is 439 g/mol. The molecule has 0 N–H and O–H groups in total. The zero-order chi connectivity index (χ0) is 21.7. The van der Waals surface area contributed by atoms with E-state index in [1.54, 1.807) is 41.2 Å². The molecule has 1 unspecified atom stereocenters. The summed E-state index contributed by atoms with van der Waals surface area (Å²) in [5, 5.41) is 0.446. The van der Waals surface area contributed by atoms with Gasteiger partial charge in [-0.15, -0.1) is 0 Å². The van der Waals surface area contributed by atoms with E-state index < -0.39 is 11.5 Å². The molecule has 30 heavy (non-hydrogen) atoms. The van der Waals surface area contributed by atoms with Gasteiger partial charge in [0.15, 0.2) is 6.61 Å². The van der Waals surface area contributed by atoms with E-state index in [1.165, 1.54) is 7.11 Å². The third kappa shape index (κ3) is 4.39. The molecule has 3 rings (SSSR count). The van der Waals surface area contributed by atoms with E-state index in [-0.39, 0.29) is 30.8 Å². The molecule has 0 bridgehead atoms. The molecule has 164 valence electrons. The van der Waals surface area contributed by atoms with E-state index in [2.05, 4.69) is 0 Å². The van der Waals surface area contributed by atoms with E-state index in [0.29, 0.717) is 49.9 Å². The molecule has 2 fully saturated rings. The molecule has 0 aromatic heterocycles. The Bertz CT molecular complexity index is 793. The number of para-hydroxylation sites is 1. The number of hydrogen-bond acceptors (Lipinski definition) is 6. The van der Waals surface area contributed by atoms with Gasteiger partial charge in [0.25, 0.3) is 5.91 Å². The summed E-state index contributed by atoms with van der Waals surface area (Å²) in [6.45, 7) is 1.52. The van der Waals surface area contributed by atoms with E-state index in [0.717, 1.165) is 0 Å². The first-order valence-corrected chi connectivity index (χ1v) is 10.3. The molecular weight excluding hydrogens is 412 g/mol. The predicted octanol–water partition coefficient (Wildman–Crippen LogP) is 1.75. The van der Waals surface area contributed by atoms with Gasteiger partial charge in [-0.05, 0) is 25.0 Å². The van der Waals surface area contributed by atoms with Crippen molar-refractivity contribution in [2.45, 2.75) is 24.8 Å². The van der Waals surface area contributed by atoms with Gasteiger partial charge in [0.1, 0.15) is 5.75 Å². The van der Waals surface area contributed by atoms with Crippen molar-refractivity contribution >= 4 is 29.4 Å². The van der Waals surface area contributed by atoms with Gasteiger partial charge in [0.05, 0.1) is 30.2 Å². The highest BCUT2D eigenvalue weighted by Gasteiger charge is 2.57. The number of benzene rings is 1.